The van der Waals surface area contributed by atoms with Gasteiger partial charge in [-0.05, 0) is 12.1 Å². The first-order valence-electron chi connectivity index (χ1n) is 5.61. The number of amidine groups is 2. The molecule has 1 rings (SSSR count). The Morgan fingerprint density at radius 2 is 2.11 bits per heavy atom. The zero-order chi connectivity index (χ0) is 13.7. The number of hydrogen-bond acceptors (Lipinski definition) is 1. The third-order valence-electron chi connectivity index (χ3n) is 2.23. The van der Waals surface area contributed by atoms with E-state index in [4.69, 9.17) is 13.3 Å². The summed E-state index contributed by atoms with van der Waals surface area (Å²) in [5, 5.41) is 8.84. The SMILES string of the molecule is [B]C(=N)N=C([NH2+]CC(C)C)c1ccc(F)cc1F. The molecular formula is C12H15BF2N3+. The Balaban J connectivity index is 3.06. The molecule has 3 nitrogen and oxygen atoms in total. The van der Waals surface area contributed by atoms with E-state index >= 15 is 0 Å². The summed E-state index contributed by atoms with van der Waals surface area (Å²) in [5.74, 6) is -0.739. The number of nitrogens with two attached hydrogens (primary N) is 1. The molecule has 6 heteroatoms. The Labute approximate surface area is 106 Å². The summed E-state index contributed by atoms with van der Waals surface area (Å²) >= 11 is 0. The van der Waals surface area contributed by atoms with E-state index in [2.05, 4.69) is 4.99 Å². The van der Waals surface area contributed by atoms with Crippen molar-refractivity contribution < 1.29 is 14.1 Å². The van der Waals surface area contributed by atoms with Crippen molar-refractivity contribution in [3.63, 3.8) is 0 Å². The number of quaternary nitrogens is 1. The topological polar surface area (TPSA) is 52.8 Å². The minimum absolute atomic E-state index is 0.146. The van der Waals surface area contributed by atoms with Crippen molar-refractivity contribution in [2.24, 2.45) is 10.9 Å². The van der Waals surface area contributed by atoms with E-state index in [9.17, 15) is 8.78 Å². The molecule has 3 N–H and O–H groups in total. The molecule has 0 saturated heterocycles. The van der Waals surface area contributed by atoms with Crippen LogP contribution >= 0.6 is 0 Å². The normalized spacial score (nSPS) is 11.9. The lowest BCUT2D eigenvalue weighted by molar-refractivity contribution is -0.545. The number of hydrogen-bond donors (Lipinski definition) is 2. The first-order chi connectivity index (χ1) is 8.40. The fraction of sp³-hybridized carbons (Fsp3) is 0.333. The first-order valence-corrected chi connectivity index (χ1v) is 5.61. The van der Waals surface area contributed by atoms with Crippen molar-refractivity contribution in [1.29, 1.82) is 5.41 Å². The smallest absolute Gasteiger partial charge is 0.235 e. The molecule has 1 aromatic rings. The van der Waals surface area contributed by atoms with E-state index in [1.165, 1.54) is 6.07 Å². The number of halogens is 2. The molecule has 94 valence electrons. The minimum Gasteiger partial charge on any atom is -0.298 e. The van der Waals surface area contributed by atoms with Gasteiger partial charge in [0.25, 0.3) is 0 Å². The number of rotatable bonds is 3. The van der Waals surface area contributed by atoms with Gasteiger partial charge >= 0.3 is 0 Å². The molecule has 18 heavy (non-hydrogen) atoms. The van der Waals surface area contributed by atoms with Crippen LogP contribution in [-0.4, -0.2) is 26.0 Å². The number of aliphatic imine (C=N–C) groups is 1. The van der Waals surface area contributed by atoms with Crippen molar-refractivity contribution in [3.05, 3.63) is 35.4 Å². The highest BCUT2D eigenvalue weighted by atomic mass is 19.1. The fourth-order valence-electron chi connectivity index (χ4n) is 1.39. The Morgan fingerprint density at radius 3 is 2.61 bits per heavy atom. The van der Waals surface area contributed by atoms with Crippen LogP contribution in [0.4, 0.5) is 8.78 Å². The average molecular weight is 250 g/mol. The average Bonchev–Trinajstić information content (AvgIpc) is 2.24. The van der Waals surface area contributed by atoms with Crippen LogP contribution in [0.25, 0.3) is 0 Å². The summed E-state index contributed by atoms with van der Waals surface area (Å²) in [7, 11) is 5.20. The van der Waals surface area contributed by atoms with Crippen LogP contribution in [0, 0.1) is 23.0 Å². The van der Waals surface area contributed by atoms with Crippen LogP contribution in [-0.2, 0) is 0 Å². The lowest BCUT2D eigenvalue weighted by atomic mass is 10.1. The van der Waals surface area contributed by atoms with Gasteiger partial charge in [-0.2, -0.15) is 4.99 Å². The maximum absolute atomic E-state index is 13.6. The highest BCUT2D eigenvalue weighted by Crippen LogP contribution is 2.08. The van der Waals surface area contributed by atoms with Crippen LogP contribution in [0.3, 0.4) is 0 Å². The van der Waals surface area contributed by atoms with Crippen LogP contribution in [0.2, 0.25) is 0 Å². The molecule has 0 aliphatic heterocycles. The molecule has 0 bridgehead atoms. The van der Waals surface area contributed by atoms with Crippen LogP contribution in [0.15, 0.2) is 23.2 Å². The molecule has 0 saturated carbocycles. The van der Waals surface area contributed by atoms with Gasteiger partial charge in [-0.15, -0.1) is 0 Å². The van der Waals surface area contributed by atoms with Crippen molar-refractivity contribution in [3.8, 4) is 0 Å². The minimum atomic E-state index is -0.713. The zero-order valence-corrected chi connectivity index (χ0v) is 10.4. The summed E-state index contributed by atoms with van der Waals surface area (Å²) < 4.78 is 26.5. The largest absolute Gasteiger partial charge is 0.298 e. The summed E-state index contributed by atoms with van der Waals surface area (Å²) in [5.41, 5.74) is -0.263. The van der Waals surface area contributed by atoms with Gasteiger partial charge in [0, 0.05) is 12.0 Å². The summed E-state index contributed by atoms with van der Waals surface area (Å²) in [6.07, 6.45) is 0. The summed E-state index contributed by atoms with van der Waals surface area (Å²) in [6, 6.07) is 3.23. The maximum Gasteiger partial charge on any atom is 0.235 e. The van der Waals surface area contributed by atoms with Gasteiger partial charge in [-0.3, -0.25) is 10.7 Å². The molecule has 0 spiro atoms. The lowest BCUT2D eigenvalue weighted by Gasteiger charge is -2.08. The standard InChI is InChI=1S/C12H14BF2N3/c1-7(2)6-17-11(18-12(13)16)9-4-3-8(14)5-10(9)15/h3-5,7H,6H2,1-2H3,(H2,16,17,18)/p+1. The van der Waals surface area contributed by atoms with Gasteiger partial charge < -0.3 is 0 Å². The Morgan fingerprint density at radius 1 is 1.44 bits per heavy atom. The van der Waals surface area contributed by atoms with Gasteiger partial charge in [-0.1, -0.05) is 13.8 Å². The van der Waals surface area contributed by atoms with Crippen LogP contribution in [0.1, 0.15) is 19.4 Å². The molecule has 0 heterocycles. The van der Waals surface area contributed by atoms with E-state index in [0.29, 0.717) is 12.5 Å². The van der Waals surface area contributed by atoms with Crippen molar-refractivity contribution in [2.75, 3.05) is 6.54 Å². The molecule has 1 aromatic carbocycles. The molecular weight excluding hydrogens is 235 g/mol. The predicted molar refractivity (Wildman–Crippen MR) is 68.0 cm³/mol. The Bertz CT molecular complexity index is 472. The van der Waals surface area contributed by atoms with E-state index in [0.717, 1.165) is 12.1 Å². The maximum atomic E-state index is 13.6. The molecule has 0 amide bonds. The quantitative estimate of drug-likeness (QED) is 0.457. The zero-order valence-electron chi connectivity index (χ0n) is 10.4. The summed E-state index contributed by atoms with van der Waals surface area (Å²) in [6.45, 7) is 4.68. The highest BCUT2D eigenvalue weighted by molar-refractivity contribution is 6.59. The third kappa shape index (κ3) is 4.37. The number of benzene rings is 1. The second-order valence-corrected chi connectivity index (χ2v) is 4.34. The van der Waals surface area contributed by atoms with E-state index < -0.39 is 17.4 Å². The van der Waals surface area contributed by atoms with Gasteiger partial charge in [0.2, 0.25) is 5.84 Å². The van der Waals surface area contributed by atoms with Crippen molar-refractivity contribution in [2.45, 2.75) is 13.8 Å². The van der Waals surface area contributed by atoms with E-state index in [1.807, 2.05) is 13.8 Å². The molecule has 0 unspecified atom stereocenters. The molecule has 0 aliphatic carbocycles. The monoisotopic (exact) mass is 250 g/mol. The van der Waals surface area contributed by atoms with Crippen LogP contribution in [0.5, 0.6) is 0 Å². The predicted octanol–water partition coefficient (Wildman–Crippen LogP) is 1.03. The second kappa shape index (κ2) is 6.40. The lowest BCUT2D eigenvalue weighted by Crippen LogP contribution is -2.89. The molecule has 0 aliphatic rings. The van der Waals surface area contributed by atoms with Crippen molar-refractivity contribution in [1.82, 2.24) is 0 Å². The Kier molecular flexibility index (Phi) is 5.16. The first kappa shape index (κ1) is 14.5. The molecule has 0 aromatic heterocycles. The number of nitrogens with one attached hydrogen (secondary N) is 1. The third-order valence-corrected chi connectivity index (χ3v) is 2.23. The molecule has 2 radical (unpaired) electrons. The van der Waals surface area contributed by atoms with Gasteiger partial charge in [0.1, 0.15) is 11.6 Å². The molecule has 0 fully saturated rings. The van der Waals surface area contributed by atoms with Crippen molar-refractivity contribution >= 4 is 19.4 Å². The van der Waals surface area contributed by atoms with E-state index in [1.54, 1.807) is 5.32 Å². The second-order valence-electron chi connectivity index (χ2n) is 4.34. The van der Waals surface area contributed by atoms with Gasteiger partial charge in [0.05, 0.1) is 17.8 Å². The number of nitrogens with zero attached hydrogens (tertiary/aromatic N) is 1. The van der Waals surface area contributed by atoms with Gasteiger partial charge in [-0.25, -0.2) is 8.78 Å². The highest BCUT2D eigenvalue weighted by Gasteiger charge is 2.15. The molecule has 0 atom stereocenters. The van der Waals surface area contributed by atoms with Crippen LogP contribution < -0.4 is 5.32 Å². The Hall–Kier alpha value is -1.56. The summed E-state index contributed by atoms with van der Waals surface area (Å²) in [4.78, 5) is 3.77. The fourth-order valence-corrected chi connectivity index (χ4v) is 1.39. The van der Waals surface area contributed by atoms with Gasteiger partial charge in [0.15, 0.2) is 7.85 Å². The van der Waals surface area contributed by atoms with E-state index in [-0.39, 0.29) is 11.4 Å².